The topological polar surface area (TPSA) is 32.3 Å². The van der Waals surface area contributed by atoms with E-state index in [1.165, 1.54) is 18.4 Å². The van der Waals surface area contributed by atoms with Crippen molar-refractivity contribution in [2.75, 3.05) is 26.7 Å². The molecule has 1 aromatic carbocycles. The summed E-state index contributed by atoms with van der Waals surface area (Å²) in [5.41, 5.74) is 2.15. The van der Waals surface area contributed by atoms with Gasteiger partial charge in [0.2, 0.25) is 0 Å². The van der Waals surface area contributed by atoms with Crippen molar-refractivity contribution in [3.05, 3.63) is 35.4 Å². The largest absolute Gasteiger partial charge is 0.352 e. The Morgan fingerprint density at radius 2 is 1.76 bits per heavy atom. The quantitative estimate of drug-likeness (QED) is 0.927. The van der Waals surface area contributed by atoms with Crippen LogP contribution in [0.2, 0.25) is 0 Å². The van der Waals surface area contributed by atoms with Crippen LogP contribution in [-0.4, -0.2) is 37.5 Å². The molecule has 3 nitrogen and oxygen atoms in total. The van der Waals surface area contributed by atoms with E-state index < -0.39 is 0 Å². The Bertz CT molecular complexity index is 465. The van der Waals surface area contributed by atoms with E-state index in [-0.39, 0.29) is 11.3 Å². The van der Waals surface area contributed by atoms with Crippen LogP contribution < -0.4 is 5.32 Å². The van der Waals surface area contributed by atoms with Gasteiger partial charge in [-0.05, 0) is 62.0 Å². The monoisotopic (exact) mass is 288 g/mol. The van der Waals surface area contributed by atoms with Crippen molar-refractivity contribution in [2.24, 2.45) is 5.92 Å². The maximum Gasteiger partial charge on any atom is 0.251 e. The van der Waals surface area contributed by atoms with Crippen LogP contribution in [0.15, 0.2) is 24.3 Å². The Labute approximate surface area is 128 Å². The molecule has 1 aliphatic heterocycles. The lowest BCUT2D eigenvalue weighted by Gasteiger charge is -2.28. The highest BCUT2D eigenvalue weighted by Gasteiger charge is 2.18. The average molecular weight is 288 g/mol. The number of carbonyl (C=O) groups is 1. The molecule has 0 saturated carbocycles. The molecule has 1 amide bonds. The third-order valence-corrected chi connectivity index (χ3v) is 4.40. The summed E-state index contributed by atoms with van der Waals surface area (Å²) >= 11 is 0. The number of piperidine rings is 1. The fourth-order valence-corrected chi connectivity index (χ4v) is 2.73. The van der Waals surface area contributed by atoms with E-state index in [9.17, 15) is 4.79 Å². The van der Waals surface area contributed by atoms with Crippen LogP contribution in [0.4, 0.5) is 0 Å². The number of benzene rings is 1. The number of rotatable bonds is 3. The molecule has 0 spiro atoms. The van der Waals surface area contributed by atoms with Gasteiger partial charge in [0.25, 0.3) is 5.91 Å². The smallest absolute Gasteiger partial charge is 0.251 e. The maximum atomic E-state index is 12.2. The molecule has 0 bridgehead atoms. The van der Waals surface area contributed by atoms with Gasteiger partial charge in [-0.1, -0.05) is 32.9 Å². The normalized spacial score (nSPS) is 17.7. The van der Waals surface area contributed by atoms with Gasteiger partial charge in [-0.15, -0.1) is 0 Å². The zero-order valence-electron chi connectivity index (χ0n) is 13.8. The van der Waals surface area contributed by atoms with Crippen molar-refractivity contribution in [3.63, 3.8) is 0 Å². The van der Waals surface area contributed by atoms with Gasteiger partial charge in [-0.2, -0.15) is 0 Å². The molecular formula is C18H28N2O. The fourth-order valence-electron chi connectivity index (χ4n) is 2.73. The summed E-state index contributed by atoms with van der Waals surface area (Å²) in [6.07, 6.45) is 2.36. The van der Waals surface area contributed by atoms with Gasteiger partial charge in [0.1, 0.15) is 0 Å². The standard InChI is InChI=1S/C18H28N2O/c1-18(2,3)16-7-5-15(6-8-16)17(21)19-13-14-9-11-20(4)12-10-14/h5-8,14H,9-13H2,1-4H3,(H,19,21). The lowest BCUT2D eigenvalue weighted by Crippen LogP contribution is -2.36. The molecule has 1 fully saturated rings. The second-order valence-electron chi connectivity index (χ2n) is 7.28. The molecule has 2 rings (SSSR count). The summed E-state index contributed by atoms with van der Waals surface area (Å²) in [4.78, 5) is 14.5. The maximum absolute atomic E-state index is 12.2. The molecule has 1 N–H and O–H groups in total. The minimum Gasteiger partial charge on any atom is -0.352 e. The van der Waals surface area contributed by atoms with E-state index in [1.807, 2.05) is 12.1 Å². The first-order chi connectivity index (χ1) is 9.86. The van der Waals surface area contributed by atoms with E-state index in [1.54, 1.807) is 0 Å². The van der Waals surface area contributed by atoms with Crippen molar-refractivity contribution in [2.45, 2.75) is 39.0 Å². The Morgan fingerprint density at radius 3 is 2.29 bits per heavy atom. The van der Waals surface area contributed by atoms with E-state index >= 15 is 0 Å². The van der Waals surface area contributed by atoms with Crippen molar-refractivity contribution >= 4 is 5.91 Å². The fraction of sp³-hybridized carbons (Fsp3) is 0.611. The molecule has 0 unspecified atom stereocenters. The summed E-state index contributed by atoms with van der Waals surface area (Å²) in [6.45, 7) is 9.63. The van der Waals surface area contributed by atoms with Crippen LogP contribution in [0, 0.1) is 5.92 Å². The Hall–Kier alpha value is -1.35. The highest BCUT2D eigenvalue weighted by molar-refractivity contribution is 5.94. The van der Waals surface area contributed by atoms with Gasteiger partial charge in [-0.3, -0.25) is 4.79 Å². The number of likely N-dealkylation sites (tertiary alicyclic amines) is 1. The van der Waals surface area contributed by atoms with Crippen LogP contribution >= 0.6 is 0 Å². The highest BCUT2D eigenvalue weighted by Crippen LogP contribution is 2.22. The number of carbonyl (C=O) groups excluding carboxylic acids is 1. The summed E-state index contributed by atoms with van der Waals surface area (Å²) in [7, 11) is 2.16. The second-order valence-corrected chi connectivity index (χ2v) is 7.28. The van der Waals surface area contributed by atoms with Gasteiger partial charge in [-0.25, -0.2) is 0 Å². The van der Waals surface area contributed by atoms with Crippen molar-refractivity contribution in [3.8, 4) is 0 Å². The minimum absolute atomic E-state index is 0.0504. The Kier molecular flexibility index (Phi) is 5.04. The molecule has 0 radical (unpaired) electrons. The van der Waals surface area contributed by atoms with Gasteiger partial charge in [0.15, 0.2) is 0 Å². The molecule has 1 aromatic rings. The molecule has 0 aliphatic carbocycles. The van der Waals surface area contributed by atoms with Crippen LogP contribution in [0.3, 0.4) is 0 Å². The first-order valence-corrected chi connectivity index (χ1v) is 7.93. The SMILES string of the molecule is CN1CCC(CNC(=O)c2ccc(C(C)(C)C)cc2)CC1. The molecule has 1 saturated heterocycles. The van der Waals surface area contributed by atoms with E-state index in [0.717, 1.165) is 25.2 Å². The number of hydrogen-bond acceptors (Lipinski definition) is 2. The van der Waals surface area contributed by atoms with E-state index in [4.69, 9.17) is 0 Å². The molecule has 116 valence electrons. The third kappa shape index (κ3) is 4.57. The summed E-state index contributed by atoms with van der Waals surface area (Å²) < 4.78 is 0. The number of nitrogens with one attached hydrogen (secondary N) is 1. The first kappa shape index (κ1) is 16.0. The number of amides is 1. The second kappa shape index (κ2) is 6.61. The van der Waals surface area contributed by atoms with Gasteiger partial charge >= 0.3 is 0 Å². The number of hydrogen-bond donors (Lipinski definition) is 1. The Morgan fingerprint density at radius 1 is 1.19 bits per heavy atom. The van der Waals surface area contributed by atoms with E-state index in [2.05, 4.69) is 50.2 Å². The van der Waals surface area contributed by atoms with Crippen molar-refractivity contribution in [1.82, 2.24) is 10.2 Å². The first-order valence-electron chi connectivity index (χ1n) is 7.93. The molecule has 3 heteroatoms. The van der Waals surface area contributed by atoms with Crippen LogP contribution in [0.1, 0.15) is 49.5 Å². The van der Waals surface area contributed by atoms with E-state index in [0.29, 0.717) is 5.92 Å². The average Bonchev–Trinajstić information content (AvgIpc) is 2.45. The minimum atomic E-state index is 0.0504. The highest BCUT2D eigenvalue weighted by atomic mass is 16.1. The van der Waals surface area contributed by atoms with Gasteiger partial charge < -0.3 is 10.2 Å². The summed E-state index contributed by atoms with van der Waals surface area (Å²) in [5, 5.41) is 3.08. The Balaban J connectivity index is 1.86. The predicted octanol–water partition coefficient (Wildman–Crippen LogP) is 3.06. The van der Waals surface area contributed by atoms with Crippen LogP contribution in [0.25, 0.3) is 0 Å². The molecule has 0 atom stereocenters. The molecule has 1 heterocycles. The van der Waals surface area contributed by atoms with Crippen LogP contribution in [-0.2, 0) is 5.41 Å². The predicted molar refractivity (Wildman–Crippen MR) is 87.7 cm³/mol. The number of nitrogens with zero attached hydrogens (tertiary/aromatic N) is 1. The van der Waals surface area contributed by atoms with Gasteiger partial charge in [0, 0.05) is 12.1 Å². The molecule has 1 aliphatic rings. The molecule has 21 heavy (non-hydrogen) atoms. The van der Waals surface area contributed by atoms with Crippen LogP contribution in [0.5, 0.6) is 0 Å². The molecule has 0 aromatic heterocycles. The summed E-state index contributed by atoms with van der Waals surface area (Å²) in [5.74, 6) is 0.674. The summed E-state index contributed by atoms with van der Waals surface area (Å²) in [6, 6.07) is 7.99. The third-order valence-electron chi connectivity index (χ3n) is 4.40. The van der Waals surface area contributed by atoms with Crippen molar-refractivity contribution < 1.29 is 4.79 Å². The zero-order chi connectivity index (χ0) is 15.5. The van der Waals surface area contributed by atoms with Gasteiger partial charge in [0.05, 0.1) is 0 Å². The van der Waals surface area contributed by atoms with Crippen molar-refractivity contribution in [1.29, 1.82) is 0 Å². The zero-order valence-corrected chi connectivity index (χ0v) is 13.8. The lowest BCUT2D eigenvalue weighted by atomic mass is 9.86. The molecular weight excluding hydrogens is 260 g/mol. The lowest BCUT2D eigenvalue weighted by molar-refractivity contribution is 0.0939.